The summed E-state index contributed by atoms with van der Waals surface area (Å²) in [5, 5.41) is 11.2. The number of aliphatic hydroxyl groups is 1. The lowest BCUT2D eigenvalue weighted by molar-refractivity contribution is -0.132. The molecule has 7 heteroatoms. The van der Waals surface area contributed by atoms with Gasteiger partial charge in [-0.25, -0.2) is 9.37 Å². The summed E-state index contributed by atoms with van der Waals surface area (Å²) < 4.78 is 14.7. The van der Waals surface area contributed by atoms with Gasteiger partial charge in [-0.3, -0.25) is 14.5 Å². The van der Waals surface area contributed by atoms with Gasteiger partial charge in [0.2, 0.25) is 0 Å². The first kappa shape index (κ1) is 19.0. The van der Waals surface area contributed by atoms with Gasteiger partial charge in [0.15, 0.2) is 5.13 Å². The highest BCUT2D eigenvalue weighted by Crippen LogP contribution is 2.44. The van der Waals surface area contributed by atoms with Gasteiger partial charge in [-0.05, 0) is 19.9 Å². The highest BCUT2D eigenvalue weighted by Gasteiger charge is 2.49. The van der Waals surface area contributed by atoms with E-state index in [1.807, 2.05) is 6.92 Å². The molecule has 29 heavy (non-hydrogen) atoms. The number of rotatable bonds is 3. The Morgan fingerprint density at radius 3 is 2.34 bits per heavy atom. The van der Waals surface area contributed by atoms with E-state index in [0.29, 0.717) is 10.7 Å². The number of carbonyl (C=O) groups is 2. The molecular weight excluding hydrogens is 391 g/mol. The van der Waals surface area contributed by atoms with E-state index in [4.69, 9.17) is 0 Å². The fourth-order valence-corrected chi connectivity index (χ4v) is 4.27. The van der Waals surface area contributed by atoms with Crippen molar-refractivity contribution in [1.29, 1.82) is 0 Å². The van der Waals surface area contributed by atoms with E-state index >= 15 is 0 Å². The molecule has 0 aliphatic carbocycles. The maximum absolute atomic E-state index is 14.7. The van der Waals surface area contributed by atoms with Crippen molar-refractivity contribution < 1.29 is 19.1 Å². The number of carbonyl (C=O) groups excluding carboxylic acids is 2. The number of amides is 1. The molecule has 3 aromatic rings. The lowest BCUT2D eigenvalue weighted by atomic mass is 9.95. The highest BCUT2D eigenvalue weighted by molar-refractivity contribution is 7.16. The van der Waals surface area contributed by atoms with E-state index in [2.05, 4.69) is 4.98 Å². The van der Waals surface area contributed by atoms with Crippen LogP contribution in [0.25, 0.3) is 5.76 Å². The van der Waals surface area contributed by atoms with Crippen LogP contribution in [0.2, 0.25) is 0 Å². The van der Waals surface area contributed by atoms with E-state index in [9.17, 15) is 19.1 Å². The summed E-state index contributed by atoms with van der Waals surface area (Å²) in [5.41, 5.74) is 1.06. The Labute approximate surface area is 170 Å². The zero-order valence-electron chi connectivity index (χ0n) is 15.7. The van der Waals surface area contributed by atoms with E-state index < -0.39 is 23.5 Å². The Kier molecular flexibility index (Phi) is 4.76. The van der Waals surface area contributed by atoms with Crippen LogP contribution in [0.4, 0.5) is 9.52 Å². The summed E-state index contributed by atoms with van der Waals surface area (Å²) in [7, 11) is 0. The van der Waals surface area contributed by atoms with E-state index in [1.165, 1.54) is 34.4 Å². The van der Waals surface area contributed by atoms with Crippen LogP contribution >= 0.6 is 11.3 Å². The van der Waals surface area contributed by atoms with Gasteiger partial charge in [0, 0.05) is 16.0 Å². The molecule has 5 nitrogen and oxygen atoms in total. The number of thiazole rings is 1. The van der Waals surface area contributed by atoms with Crippen molar-refractivity contribution >= 4 is 33.9 Å². The Balaban J connectivity index is 1.99. The van der Waals surface area contributed by atoms with Crippen LogP contribution in [0.1, 0.15) is 27.7 Å². The minimum absolute atomic E-state index is 0.120. The minimum Gasteiger partial charge on any atom is -0.507 e. The number of hydrogen-bond donors (Lipinski definition) is 1. The summed E-state index contributed by atoms with van der Waals surface area (Å²) in [6, 6.07) is 13.2. The predicted molar refractivity (Wildman–Crippen MR) is 109 cm³/mol. The molecule has 2 aromatic carbocycles. The number of anilines is 1. The topological polar surface area (TPSA) is 70.5 Å². The quantitative estimate of drug-likeness (QED) is 0.393. The van der Waals surface area contributed by atoms with Crippen LogP contribution < -0.4 is 4.90 Å². The minimum atomic E-state index is -1.11. The van der Waals surface area contributed by atoms with Crippen molar-refractivity contribution in [3.63, 3.8) is 0 Å². The summed E-state index contributed by atoms with van der Waals surface area (Å²) >= 11 is 1.25. The summed E-state index contributed by atoms with van der Waals surface area (Å²) in [5.74, 6) is -2.63. The number of aromatic nitrogens is 1. The zero-order valence-corrected chi connectivity index (χ0v) is 16.5. The molecule has 0 radical (unpaired) electrons. The molecular formula is C22H17FN2O3S. The molecule has 1 fully saturated rings. The Morgan fingerprint density at radius 1 is 1.07 bits per heavy atom. The third kappa shape index (κ3) is 3.13. The number of ketones is 1. The molecule has 1 atom stereocenters. The second-order valence-electron chi connectivity index (χ2n) is 6.69. The summed E-state index contributed by atoms with van der Waals surface area (Å²) in [4.78, 5) is 32.3. The highest BCUT2D eigenvalue weighted by atomic mass is 32.1. The zero-order chi connectivity index (χ0) is 20.7. The van der Waals surface area contributed by atoms with Gasteiger partial charge >= 0.3 is 5.91 Å². The van der Waals surface area contributed by atoms with Gasteiger partial charge in [0.1, 0.15) is 17.6 Å². The standard InChI is InChI=1S/C22H17FN2O3S/c1-12-13(2)29-22(24-12)25-18(15-10-6-7-11-16(15)23)17(20(27)21(25)28)19(26)14-8-4-3-5-9-14/h3-11,18,26H,1-2H3/b19-17+/t18-/m0/s1. The second-order valence-corrected chi connectivity index (χ2v) is 7.88. The number of hydrogen-bond acceptors (Lipinski definition) is 5. The molecule has 1 saturated heterocycles. The van der Waals surface area contributed by atoms with Gasteiger partial charge in [0.25, 0.3) is 5.78 Å². The van der Waals surface area contributed by atoms with Crippen LogP contribution in [0.5, 0.6) is 0 Å². The fourth-order valence-electron chi connectivity index (χ4n) is 3.33. The first-order chi connectivity index (χ1) is 13.9. The molecule has 1 amide bonds. The molecule has 0 spiro atoms. The average molecular weight is 408 g/mol. The van der Waals surface area contributed by atoms with Crippen LogP contribution in [-0.4, -0.2) is 21.8 Å². The number of aliphatic hydroxyl groups excluding tert-OH is 1. The molecule has 1 N–H and O–H groups in total. The van der Waals surface area contributed by atoms with Gasteiger partial charge in [0.05, 0.1) is 11.3 Å². The number of benzene rings is 2. The average Bonchev–Trinajstić information content (AvgIpc) is 3.18. The van der Waals surface area contributed by atoms with Crippen molar-refractivity contribution in [1.82, 2.24) is 4.98 Å². The summed E-state index contributed by atoms with van der Waals surface area (Å²) in [6.45, 7) is 3.66. The SMILES string of the molecule is Cc1nc(N2C(=O)C(=O)/C(=C(/O)c3ccccc3)[C@@H]2c2ccccc2F)sc1C. The van der Waals surface area contributed by atoms with Gasteiger partial charge < -0.3 is 5.11 Å². The van der Waals surface area contributed by atoms with Gasteiger partial charge in [-0.1, -0.05) is 48.5 Å². The number of Topliss-reactive ketones (excluding diaryl/α,β-unsaturated/α-hetero) is 1. The fraction of sp³-hybridized carbons (Fsp3) is 0.136. The maximum atomic E-state index is 14.7. The van der Waals surface area contributed by atoms with Crippen LogP contribution in [0.3, 0.4) is 0 Å². The van der Waals surface area contributed by atoms with Crippen molar-refractivity contribution in [2.45, 2.75) is 19.9 Å². The van der Waals surface area contributed by atoms with E-state index in [0.717, 1.165) is 10.6 Å². The Bertz CT molecular complexity index is 1130. The second kappa shape index (κ2) is 7.25. The molecule has 1 aromatic heterocycles. The van der Waals surface area contributed by atoms with Crippen molar-refractivity contribution in [2.75, 3.05) is 4.90 Å². The number of nitrogens with zero attached hydrogens (tertiary/aromatic N) is 2. The maximum Gasteiger partial charge on any atom is 0.301 e. The van der Waals surface area contributed by atoms with E-state index in [-0.39, 0.29) is 16.9 Å². The number of halogens is 1. The van der Waals surface area contributed by atoms with Crippen molar-refractivity contribution in [3.05, 3.63) is 87.7 Å². The number of aryl methyl sites for hydroxylation is 2. The molecule has 146 valence electrons. The van der Waals surface area contributed by atoms with Gasteiger partial charge in [-0.15, -0.1) is 11.3 Å². The first-order valence-electron chi connectivity index (χ1n) is 8.95. The lowest BCUT2D eigenvalue weighted by Gasteiger charge is -2.23. The summed E-state index contributed by atoms with van der Waals surface area (Å²) in [6.07, 6.45) is 0. The molecule has 2 heterocycles. The smallest absolute Gasteiger partial charge is 0.301 e. The van der Waals surface area contributed by atoms with Crippen molar-refractivity contribution in [3.8, 4) is 0 Å². The van der Waals surface area contributed by atoms with Crippen molar-refractivity contribution in [2.24, 2.45) is 0 Å². The third-order valence-electron chi connectivity index (χ3n) is 4.91. The third-order valence-corrected chi connectivity index (χ3v) is 5.99. The lowest BCUT2D eigenvalue weighted by Crippen LogP contribution is -2.29. The molecule has 0 bridgehead atoms. The molecule has 0 unspecified atom stereocenters. The predicted octanol–water partition coefficient (Wildman–Crippen LogP) is 4.53. The molecule has 4 rings (SSSR count). The molecule has 1 aliphatic heterocycles. The van der Waals surface area contributed by atoms with Crippen LogP contribution in [-0.2, 0) is 9.59 Å². The van der Waals surface area contributed by atoms with Crippen LogP contribution in [0, 0.1) is 19.7 Å². The monoisotopic (exact) mass is 408 g/mol. The van der Waals surface area contributed by atoms with E-state index in [1.54, 1.807) is 43.3 Å². The van der Waals surface area contributed by atoms with Gasteiger partial charge in [-0.2, -0.15) is 0 Å². The van der Waals surface area contributed by atoms with Crippen LogP contribution in [0.15, 0.2) is 60.2 Å². The molecule has 0 saturated carbocycles. The Morgan fingerprint density at radius 2 is 1.72 bits per heavy atom. The largest absolute Gasteiger partial charge is 0.507 e. The molecule has 1 aliphatic rings. The Hall–Kier alpha value is -3.32. The first-order valence-corrected chi connectivity index (χ1v) is 9.76. The normalized spacial score (nSPS) is 18.4.